The topological polar surface area (TPSA) is 3.24 Å². The zero-order chi connectivity index (χ0) is 42.0. The minimum atomic E-state index is -1.61. The minimum absolute atomic E-state index is 0.360. The second kappa shape index (κ2) is 25.2. The van der Waals surface area contributed by atoms with Crippen molar-refractivity contribution in [1.29, 1.82) is 0 Å². The van der Waals surface area contributed by atoms with Crippen LogP contribution in [0.25, 0.3) is 0 Å². The minimum Gasteiger partial charge on any atom is -0.242 e. The van der Waals surface area contributed by atoms with Gasteiger partial charge < -0.3 is 0 Å². The van der Waals surface area contributed by atoms with Gasteiger partial charge in [-0.25, -0.2) is 4.44 Å². The van der Waals surface area contributed by atoms with E-state index in [1.165, 1.54) is 146 Å². The van der Waals surface area contributed by atoms with Crippen LogP contribution in [0.1, 0.15) is 144 Å². The highest BCUT2D eigenvalue weighted by Crippen LogP contribution is 2.56. The Hall–Kier alpha value is -1.87. The molecule has 318 valence electrons. The summed E-state index contributed by atoms with van der Waals surface area (Å²) in [4.78, 5) is 0. The highest BCUT2D eigenvalue weighted by Gasteiger charge is 2.37. The molecule has 0 heterocycles. The molecule has 2 unspecified atom stereocenters. The molecular formula is C53H83NP2Si2. The lowest BCUT2D eigenvalue weighted by atomic mass is 10.2. The van der Waals surface area contributed by atoms with Crippen molar-refractivity contribution in [2.24, 2.45) is 0 Å². The molecule has 1 nitrogen and oxygen atoms in total. The van der Waals surface area contributed by atoms with Crippen molar-refractivity contribution in [3.63, 3.8) is 0 Å². The Bertz CT molecular complexity index is 1530. The predicted octanol–water partition coefficient (Wildman–Crippen LogP) is 14.5. The molecular weight excluding hydrogens is 769 g/mol. The van der Waals surface area contributed by atoms with Crippen molar-refractivity contribution in [3.8, 4) is 0 Å². The fourth-order valence-electron chi connectivity index (χ4n) is 9.31. The first-order valence-corrected chi connectivity index (χ1v) is 31.7. The lowest BCUT2D eigenvalue weighted by molar-refractivity contribution is 0.583. The van der Waals surface area contributed by atoms with Gasteiger partial charge in [0.2, 0.25) is 0 Å². The van der Waals surface area contributed by atoms with Gasteiger partial charge in [0.1, 0.15) is 0 Å². The summed E-state index contributed by atoms with van der Waals surface area (Å²) < 4.78 is 2.98. The van der Waals surface area contributed by atoms with Crippen LogP contribution >= 0.6 is 16.1 Å². The Morgan fingerprint density at radius 3 is 0.810 bits per heavy atom. The maximum absolute atomic E-state index is 2.98. The highest BCUT2D eigenvalue weighted by molar-refractivity contribution is 7.84. The third-order valence-corrected chi connectivity index (χ3v) is 29.9. The van der Waals surface area contributed by atoms with Crippen LogP contribution in [0.15, 0.2) is 97.1 Å². The lowest BCUT2D eigenvalue weighted by Crippen LogP contribution is -2.48. The van der Waals surface area contributed by atoms with Gasteiger partial charge in [0.25, 0.3) is 0 Å². The Morgan fingerprint density at radius 1 is 0.379 bits per heavy atom. The molecule has 0 aliphatic carbocycles. The molecule has 58 heavy (non-hydrogen) atoms. The zero-order valence-corrected chi connectivity index (χ0v) is 42.7. The van der Waals surface area contributed by atoms with Gasteiger partial charge in [-0.3, -0.25) is 0 Å². The SMILES string of the molecule is CCCC[Si](CCCC)(CCCC)c1ccc(P(c2ccc(C)cc2)N(C(C)C)P(c2ccc(C)cc2)c2ccc([Si](CCCC)(CCCC)CCCC)cc2)cc1. The first-order valence-electron chi connectivity index (χ1n) is 23.9. The van der Waals surface area contributed by atoms with Crippen molar-refractivity contribution in [2.45, 2.75) is 189 Å². The van der Waals surface area contributed by atoms with Gasteiger partial charge in [0, 0.05) is 22.2 Å². The molecule has 0 spiro atoms. The number of nitrogens with zero attached hydrogens (tertiary/aromatic N) is 1. The van der Waals surface area contributed by atoms with Gasteiger partial charge in [-0.2, -0.15) is 0 Å². The van der Waals surface area contributed by atoms with E-state index in [0.717, 1.165) is 0 Å². The molecule has 0 aliphatic heterocycles. The average molecular weight is 852 g/mol. The summed E-state index contributed by atoms with van der Waals surface area (Å²) in [6.07, 6.45) is 16.0. The predicted molar refractivity (Wildman–Crippen MR) is 274 cm³/mol. The Kier molecular flexibility index (Phi) is 21.2. The van der Waals surface area contributed by atoms with E-state index in [1.54, 1.807) is 10.4 Å². The Balaban J connectivity index is 1.92. The monoisotopic (exact) mass is 852 g/mol. The van der Waals surface area contributed by atoms with Crippen LogP contribution in [-0.4, -0.2) is 26.6 Å². The van der Waals surface area contributed by atoms with E-state index in [1.807, 2.05) is 0 Å². The number of aryl methyl sites for hydroxylation is 2. The lowest BCUT2D eigenvalue weighted by Gasteiger charge is -2.42. The van der Waals surface area contributed by atoms with Crippen molar-refractivity contribution >= 4 is 63.9 Å². The van der Waals surface area contributed by atoms with E-state index in [9.17, 15) is 0 Å². The largest absolute Gasteiger partial charge is 0.242 e. The number of benzene rings is 4. The Morgan fingerprint density at radius 2 is 0.603 bits per heavy atom. The molecule has 0 saturated carbocycles. The van der Waals surface area contributed by atoms with E-state index in [2.05, 4.69) is 171 Å². The third-order valence-electron chi connectivity index (χ3n) is 12.9. The van der Waals surface area contributed by atoms with E-state index >= 15 is 0 Å². The van der Waals surface area contributed by atoms with Crippen LogP contribution in [0.4, 0.5) is 0 Å². The van der Waals surface area contributed by atoms with E-state index < -0.39 is 32.3 Å². The first kappa shape index (κ1) is 48.8. The smallest absolute Gasteiger partial charge is 0.0867 e. The quantitative estimate of drug-likeness (QED) is 0.0427. The molecule has 2 atom stereocenters. The van der Waals surface area contributed by atoms with E-state index in [-0.39, 0.29) is 0 Å². The molecule has 5 heteroatoms. The number of hydrogen-bond donors (Lipinski definition) is 0. The highest BCUT2D eigenvalue weighted by atomic mass is 31.2. The maximum Gasteiger partial charge on any atom is 0.0867 e. The number of rotatable bonds is 27. The second-order valence-corrected chi connectivity index (χ2v) is 31.8. The van der Waals surface area contributed by atoms with Crippen molar-refractivity contribution in [1.82, 2.24) is 4.44 Å². The van der Waals surface area contributed by atoms with Crippen LogP contribution in [-0.2, 0) is 0 Å². The van der Waals surface area contributed by atoms with Crippen LogP contribution in [0.2, 0.25) is 36.3 Å². The maximum atomic E-state index is 2.98. The normalized spacial score (nSPS) is 13.4. The second-order valence-electron chi connectivity index (χ2n) is 18.0. The molecule has 0 fully saturated rings. The van der Waals surface area contributed by atoms with Gasteiger partial charge in [-0.05, 0) is 48.9 Å². The summed E-state index contributed by atoms with van der Waals surface area (Å²) in [6.45, 7) is 23.7. The van der Waals surface area contributed by atoms with Crippen LogP contribution in [0.3, 0.4) is 0 Å². The molecule has 4 aromatic rings. The van der Waals surface area contributed by atoms with E-state index in [0.29, 0.717) is 6.04 Å². The zero-order valence-electron chi connectivity index (χ0n) is 38.9. The molecule has 4 rings (SSSR count). The summed E-state index contributed by atoms with van der Waals surface area (Å²) in [5, 5.41) is 9.38. The van der Waals surface area contributed by atoms with Crippen molar-refractivity contribution in [2.75, 3.05) is 0 Å². The van der Waals surface area contributed by atoms with Gasteiger partial charge in [-0.1, -0.05) is 273 Å². The average Bonchev–Trinajstić information content (AvgIpc) is 3.24. The van der Waals surface area contributed by atoms with Gasteiger partial charge in [-0.15, -0.1) is 0 Å². The van der Waals surface area contributed by atoms with Crippen molar-refractivity contribution in [3.05, 3.63) is 108 Å². The first-order chi connectivity index (χ1) is 28.1. The van der Waals surface area contributed by atoms with Crippen LogP contribution in [0, 0.1) is 13.8 Å². The molecule has 4 aromatic carbocycles. The molecule has 0 bridgehead atoms. The number of hydrogen-bond acceptors (Lipinski definition) is 1. The molecule has 0 aliphatic rings. The molecule has 0 amide bonds. The third kappa shape index (κ3) is 13.1. The number of unbranched alkanes of at least 4 members (excludes halogenated alkanes) is 6. The fraction of sp³-hybridized carbons (Fsp3) is 0.547. The van der Waals surface area contributed by atoms with Gasteiger partial charge in [0.05, 0.1) is 16.1 Å². The summed E-state index contributed by atoms with van der Waals surface area (Å²) in [5.74, 6) is 0. The van der Waals surface area contributed by atoms with E-state index in [4.69, 9.17) is 0 Å². The molecule has 0 radical (unpaired) electrons. The molecule has 0 N–H and O–H groups in total. The van der Waals surface area contributed by atoms with Gasteiger partial charge in [0.15, 0.2) is 0 Å². The van der Waals surface area contributed by atoms with Crippen molar-refractivity contribution < 1.29 is 0 Å². The molecule has 0 saturated heterocycles. The summed E-state index contributed by atoms with van der Waals surface area (Å²) in [5.41, 5.74) is 2.67. The fourth-order valence-corrected chi connectivity index (χ4v) is 26.6. The van der Waals surface area contributed by atoms with Gasteiger partial charge >= 0.3 is 0 Å². The van der Waals surface area contributed by atoms with Crippen LogP contribution < -0.4 is 31.6 Å². The molecule has 0 aromatic heterocycles. The standard InChI is InChI=1S/C53H83NP2Si2/c1-11-17-39-57(40-18-12-2,41-19-13-3)52-35-31-50(32-36-52)55(48-27-23-46(9)24-28-48)54(45(7)8)56(49-29-25-47(10)26-30-49)51-33-37-53(38-34-51)58(42-20-14-4,43-21-15-5)44-22-16-6/h23-38,45H,11-22,39-44H2,1-10H3. The summed E-state index contributed by atoms with van der Waals surface area (Å²) >= 11 is 0. The summed E-state index contributed by atoms with van der Waals surface area (Å²) in [6, 6.07) is 49.2. The Labute approximate surface area is 363 Å². The summed E-state index contributed by atoms with van der Waals surface area (Å²) in [7, 11) is -4.83. The van der Waals surface area contributed by atoms with Crippen LogP contribution in [0.5, 0.6) is 0 Å².